The molecule has 76 valence electrons. The molecule has 0 saturated carbocycles. The van der Waals surface area contributed by atoms with E-state index in [9.17, 15) is 0 Å². The largest absolute Gasteiger partial charge is 0.384 e. The number of fused-ring (bicyclic) bond motifs is 1. The molecule has 1 aromatic heterocycles. The highest BCUT2D eigenvalue weighted by Crippen LogP contribution is 2.33. The van der Waals surface area contributed by atoms with Crippen molar-refractivity contribution in [1.29, 1.82) is 0 Å². The zero-order valence-electron chi connectivity index (χ0n) is 7.90. The zero-order chi connectivity index (χ0) is 9.54. The summed E-state index contributed by atoms with van der Waals surface area (Å²) in [7, 11) is 0. The number of hydrogen-bond donors (Lipinski definition) is 1. The summed E-state index contributed by atoms with van der Waals surface area (Å²) in [6.07, 6.45) is 0.918. The van der Waals surface area contributed by atoms with Gasteiger partial charge in [-0.3, -0.25) is 0 Å². The van der Waals surface area contributed by atoms with Gasteiger partial charge in [0.15, 0.2) is 0 Å². The minimum absolute atomic E-state index is 0.519. The molecule has 1 aromatic rings. The van der Waals surface area contributed by atoms with Gasteiger partial charge in [0.1, 0.15) is 5.82 Å². The number of nitrogens with two attached hydrogens (primary N) is 1. The highest BCUT2D eigenvalue weighted by molar-refractivity contribution is 8.00. The van der Waals surface area contributed by atoms with E-state index >= 15 is 0 Å². The Morgan fingerprint density at radius 3 is 3.00 bits per heavy atom. The van der Waals surface area contributed by atoms with Crippen LogP contribution in [0.4, 0.5) is 5.82 Å². The van der Waals surface area contributed by atoms with Crippen LogP contribution >= 0.6 is 11.8 Å². The predicted molar refractivity (Wildman–Crippen MR) is 56.4 cm³/mol. The van der Waals surface area contributed by atoms with Crippen molar-refractivity contribution in [2.24, 2.45) is 0 Å². The van der Waals surface area contributed by atoms with Crippen LogP contribution in [0.2, 0.25) is 0 Å². The summed E-state index contributed by atoms with van der Waals surface area (Å²) >= 11 is 1.95. The molecule has 14 heavy (non-hydrogen) atoms. The van der Waals surface area contributed by atoms with Crippen LogP contribution in [0.25, 0.3) is 0 Å². The Bertz CT molecular complexity index is 359. The van der Waals surface area contributed by atoms with Crippen LogP contribution < -0.4 is 5.73 Å². The number of rotatable bonds is 1. The van der Waals surface area contributed by atoms with E-state index in [2.05, 4.69) is 5.10 Å². The van der Waals surface area contributed by atoms with Crippen LogP contribution in [0.3, 0.4) is 0 Å². The molecular formula is C9H13N3OS. The summed E-state index contributed by atoms with van der Waals surface area (Å²) in [5.74, 6) is 3.16. The molecule has 0 unspecified atom stereocenters. The van der Waals surface area contributed by atoms with Gasteiger partial charge in [0, 0.05) is 23.5 Å². The fraction of sp³-hybridized carbons (Fsp3) is 0.667. The highest BCUT2D eigenvalue weighted by atomic mass is 32.2. The van der Waals surface area contributed by atoms with Crippen LogP contribution in [0, 0.1) is 0 Å². The Morgan fingerprint density at radius 2 is 2.36 bits per heavy atom. The van der Waals surface area contributed by atoms with E-state index in [4.69, 9.17) is 10.5 Å². The molecule has 2 aliphatic rings. The maximum absolute atomic E-state index is 6.07. The van der Waals surface area contributed by atoms with E-state index in [1.54, 1.807) is 0 Å². The average molecular weight is 211 g/mol. The lowest BCUT2D eigenvalue weighted by Gasteiger charge is -2.26. The lowest BCUT2D eigenvalue weighted by molar-refractivity contribution is 0.108. The second-order valence-corrected chi connectivity index (χ2v) is 4.82. The summed E-state index contributed by atoms with van der Waals surface area (Å²) in [6.45, 7) is 1.41. The smallest absolute Gasteiger partial charge is 0.125 e. The lowest BCUT2D eigenvalue weighted by Crippen LogP contribution is -2.25. The first-order valence-corrected chi connectivity index (χ1v) is 6.03. The third kappa shape index (κ3) is 1.15. The Hall–Kier alpha value is -0.680. The van der Waals surface area contributed by atoms with Crippen LogP contribution in [-0.4, -0.2) is 27.9 Å². The Morgan fingerprint density at radius 1 is 1.50 bits per heavy atom. The second-order valence-electron chi connectivity index (χ2n) is 3.75. The molecule has 0 spiro atoms. The number of ether oxygens (including phenoxy) is 1. The molecule has 0 radical (unpaired) electrons. The first-order valence-electron chi connectivity index (χ1n) is 4.87. The van der Waals surface area contributed by atoms with Gasteiger partial charge in [-0.1, -0.05) is 0 Å². The number of anilines is 1. The SMILES string of the molecule is Nc1c2c(nn1C1CSC1)COCC2. The molecule has 0 aromatic carbocycles. The van der Waals surface area contributed by atoms with Crippen LogP contribution in [-0.2, 0) is 17.8 Å². The molecule has 3 heterocycles. The van der Waals surface area contributed by atoms with E-state index in [-0.39, 0.29) is 0 Å². The monoisotopic (exact) mass is 211 g/mol. The summed E-state index contributed by atoms with van der Waals surface area (Å²) in [5.41, 5.74) is 8.33. The summed E-state index contributed by atoms with van der Waals surface area (Å²) in [6, 6.07) is 0.519. The molecule has 0 atom stereocenters. The maximum atomic E-state index is 6.07. The van der Waals surface area contributed by atoms with Gasteiger partial charge in [-0.05, 0) is 0 Å². The molecule has 2 N–H and O–H groups in total. The van der Waals surface area contributed by atoms with Crippen molar-refractivity contribution in [3.63, 3.8) is 0 Å². The topological polar surface area (TPSA) is 53.1 Å². The molecule has 1 saturated heterocycles. The average Bonchev–Trinajstić information content (AvgIpc) is 2.43. The van der Waals surface area contributed by atoms with Crippen LogP contribution in [0.5, 0.6) is 0 Å². The van der Waals surface area contributed by atoms with Crippen molar-refractivity contribution >= 4 is 17.6 Å². The lowest BCUT2D eigenvalue weighted by atomic mass is 10.1. The van der Waals surface area contributed by atoms with Gasteiger partial charge in [0.05, 0.1) is 24.9 Å². The Kier molecular flexibility index (Phi) is 1.95. The first-order chi connectivity index (χ1) is 6.86. The van der Waals surface area contributed by atoms with Gasteiger partial charge in [0.25, 0.3) is 0 Å². The minimum atomic E-state index is 0.519. The van der Waals surface area contributed by atoms with Crippen LogP contribution in [0.15, 0.2) is 0 Å². The third-order valence-corrected chi connectivity index (χ3v) is 4.08. The zero-order valence-corrected chi connectivity index (χ0v) is 8.72. The Labute approximate surface area is 86.8 Å². The van der Waals surface area contributed by atoms with Crippen LogP contribution in [0.1, 0.15) is 17.3 Å². The van der Waals surface area contributed by atoms with Crippen molar-refractivity contribution in [2.45, 2.75) is 19.1 Å². The van der Waals surface area contributed by atoms with E-state index in [0.717, 1.165) is 36.0 Å². The molecule has 0 bridgehead atoms. The normalized spacial score (nSPS) is 21.7. The molecule has 2 aliphatic heterocycles. The van der Waals surface area contributed by atoms with Gasteiger partial charge < -0.3 is 10.5 Å². The number of nitrogen functional groups attached to an aromatic ring is 1. The van der Waals surface area contributed by atoms with Gasteiger partial charge in [-0.25, -0.2) is 4.68 Å². The van der Waals surface area contributed by atoms with Crippen molar-refractivity contribution in [1.82, 2.24) is 9.78 Å². The number of nitrogens with zero attached hydrogens (tertiary/aromatic N) is 2. The van der Waals surface area contributed by atoms with E-state index in [1.807, 2.05) is 16.4 Å². The van der Waals surface area contributed by atoms with E-state index in [1.165, 1.54) is 5.56 Å². The van der Waals surface area contributed by atoms with E-state index < -0.39 is 0 Å². The molecule has 0 aliphatic carbocycles. The third-order valence-electron chi connectivity index (χ3n) is 2.83. The van der Waals surface area contributed by atoms with Gasteiger partial charge in [-0.15, -0.1) is 0 Å². The standard InChI is InChI=1S/C9H13N3OS/c10-9-7-1-2-13-3-8(7)11-12(9)6-4-14-5-6/h6H,1-5,10H2. The summed E-state index contributed by atoms with van der Waals surface area (Å²) in [4.78, 5) is 0. The van der Waals surface area contributed by atoms with Gasteiger partial charge in [0.2, 0.25) is 0 Å². The summed E-state index contributed by atoms with van der Waals surface area (Å²) in [5, 5.41) is 4.53. The second kappa shape index (κ2) is 3.17. The first kappa shape index (κ1) is 8.61. The molecule has 3 rings (SSSR count). The number of thioether (sulfide) groups is 1. The maximum Gasteiger partial charge on any atom is 0.125 e. The fourth-order valence-corrected chi connectivity index (χ4v) is 2.63. The quantitative estimate of drug-likeness (QED) is 0.747. The molecular weight excluding hydrogens is 198 g/mol. The Balaban J connectivity index is 2.00. The van der Waals surface area contributed by atoms with Gasteiger partial charge >= 0.3 is 0 Å². The molecule has 4 nitrogen and oxygen atoms in total. The van der Waals surface area contributed by atoms with Crippen molar-refractivity contribution in [2.75, 3.05) is 23.8 Å². The van der Waals surface area contributed by atoms with Crippen molar-refractivity contribution < 1.29 is 4.74 Å². The van der Waals surface area contributed by atoms with Gasteiger partial charge in [-0.2, -0.15) is 16.9 Å². The molecule has 0 amide bonds. The number of aromatic nitrogens is 2. The predicted octanol–water partition coefficient (Wildman–Crippen LogP) is 0.826. The fourth-order valence-electron chi connectivity index (χ4n) is 1.90. The minimum Gasteiger partial charge on any atom is -0.384 e. The summed E-state index contributed by atoms with van der Waals surface area (Å²) < 4.78 is 7.35. The van der Waals surface area contributed by atoms with Crippen molar-refractivity contribution in [3.05, 3.63) is 11.3 Å². The van der Waals surface area contributed by atoms with E-state index in [0.29, 0.717) is 12.6 Å². The highest BCUT2D eigenvalue weighted by Gasteiger charge is 2.27. The number of hydrogen-bond acceptors (Lipinski definition) is 4. The molecule has 5 heteroatoms. The van der Waals surface area contributed by atoms with Crippen molar-refractivity contribution in [3.8, 4) is 0 Å². The molecule has 1 fully saturated rings.